The molecule has 0 atom stereocenters. The molecular formula is C28H29N3O3. The minimum Gasteiger partial charge on any atom is -0.493 e. The van der Waals surface area contributed by atoms with Gasteiger partial charge in [-0.15, -0.1) is 0 Å². The highest BCUT2D eigenvalue weighted by molar-refractivity contribution is 5.96. The van der Waals surface area contributed by atoms with Crippen molar-refractivity contribution >= 4 is 11.8 Å². The standard InChI is InChI=1S/C28H29N3O3/c32-27(19-29-28(33)24-9-7-23(8-10-24)22-4-2-1-3-5-22)31-15-13-30(14-16-31)20-21-6-11-26-25(18-21)12-17-34-26/h1-11,18H,12-17,19-20H2,(H,29,33). The molecule has 0 saturated carbocycles. The zero-order valence-corrected chi connectivity index (χ0v) is 19.2. The largest absolute Gasteiger partial charge is 0.493 e. The fourth-order valence-electron chi connectivity index (χ4n) is 4.57. The van der Waals surface area contributed by atoms with Crippen LogP contribution in [0, 0.1) is 0 Å². The van der Waals surface area contributed by atoms with Crippen LogP contribution in [-0.2, 0) is 17.8 Å². The highest BCUT2D eigenvalue weighted by Crippen LogP contribution is 2.26. The number of piperazine rings is 1. The average molecular weight is 456 g/mol. The van der Waals surface area contributed by atoms with Gasteiger partial charge in [0.2, 0.25) is 5.91 Å². The summed E-state index contributed by atoms with van der Waals surface area (Å²) in [5.74, 6) is 0.740. The number of carbonyl (C=O) groups is 2. The summed E-state index contributed by atoms with van der Waals surface area (Å²) in [4.78, 5) is 29.4. The predicted octanol–water partition coefficient (Wildman–Crippen LogP) is 3.36. The van der Waals surface area contributed by atoms with Crippen LogP contribution in [0.1, 0.15) is 21.5 Å². The highest BCUT2D eigenvalue weighted by atomic mass is 16.5. The summed E-state index contributed by atoms with van der Waals surface area (Å²) in [5, 5.41) is 2.77. The van der Waals surface area contributed by atoms with Gasteiger partial charge in [-0.05, 0) is 40.5 Å². The van der Waals surface area contributed by atoms with Crippen LogP contribution < -0.4 is 10.1 Å². The van der Waals surface area contributed by atoms with E-state index in [0.29, 0.717) is 18.7 Å². The number of ether oxygens (including phenoxy) is 1. The maximum Gasteiger partial charge on any atom is 0.251 e. The number of nitrogens with one attached hydrogen (secondary N) is 1. The molecule has 0 aromatic heterocycles. The van der Waals surface area contributed by atoms with E-state index in [9.17, 15) is 9.59 Å². The molecule has 0 aliphatic carbocycles. The summed E-state index contributed by atoms with van der Waals surface area (Å²) in [6, 6.07) is 23.9. The van der Waals surface area contributed by atoms with Crippen LogP contribution in [0.15, 0.2) is 72.8 Å². The lowest BCUT2D eigenvalue weighted by atomic mass is 10.0. The molecule has 1 N–H and O–H groups in total. The first kappa shape index (κ1) is 22.2. The lowest BCUT2D eigenvalue weighted by molar-refractivity contribution is -0.131. The molecule has 2 aliphatic heterocycles. The van der Waals surface area contributed by atoms with Gasteiger partial charge in [-0.3, -0.25) is 14.5 Å². The maximum absolute atomic E-state index is 12.6. The van der Waals surface area contributed by atoms with Crippen molar-refractivity contribution < 1.29 is 14.3 Å². The zero-order chi connectivity index (χ0) is 23.3. The number of amides is 2. The first-order valence-electron chi connectivity index (χ1n) is 11.8. The van der Waals surface area contributed by atoms with Crippen molar-refractivity contribution in [1.82, 2.24) is 15.1 Å². The van der Waals surface area contributed by atoms with Crippen molar-refractivity contribution in [1.29, 1.82) is 0 Å². The van der Waals surface area contributed by atoms with Crippen molar-refractivity contribution in [3.63, 3.8) is 0 Å². The van der Waals surface area contributed by atoms with Crippen molar-refractivity contribution in [3.8, 4) is 16.9 Å². The summed E-state index contributed by atoms with van der Waals surface area (Å²) in [6.07, 6.45) is 0.980. The molecule has 6 nitrogen and oxygen atoms in total. The molecule has 0 unspecified atom stereocenters. The van der Waals surface area contributed by atoms with E-state index in [0.717, 1.165) is 49.5 Å². The van der Waals surface area contributed by atoms with Gasteiger partial charge in [-0.1, -0.05) is 54.6 Å². The third-order valence-corrected chi connectivity index (χ3v) is 6.54. The van der Waals surface area contributed by atoms with E-state index in [4.69, 9.17) is 4.74 Å². The van der Waals surface area contributed by atoms with Gasteiger partial charge in [-0.2, -0.15) is 0 Å². The number of hydrogen-bond acceptors (Lipinski definition) is 4. The van der Waals surface area contributed by atoms with Crippen LogP contribution in [0.2, 0.25) is 0 Å². The first-order valence-corrected chi connectivity index (χ1v) is 11.8. The quantitative estimate of drug-likeness (QED) is 0.619. The normalized spacial score (nSPS) is 15.5. The van der Waals surface area contributed by atoms with Crippen LogP contribution in [0.25, 0.3) is 11.1 Å². The van der Waals surface area contributed by atoms with Crippen LogP contribution >= 0.6 is 0 Å². The molecule has 5 rings (SSSR count). The van der Waals surface area contributed by atoms with Crippen LogP contribution in [0.4, 0.5) is 0 Å². The fourth-order valence-corrected chi connectivity index (χ4v) is 4.57. The van der Waals surface area contributed by atoms with E-state index in [1.807, 2.05) is 47.4 Å². The highest BCUT2D eigenvalue weighted by Gasteiger charge is 2.22. The van der Waals surface area contributed by atoms with Crippen molar-refractivity contribution in [3.05, 3.63) is 89.5 Å². The van der Waals surface area contributed by atoms with E-state index < -0.39 is 0 Å². The Bertz CT molecular complexity index is 1150. The molecule has 6 heteroatoms. The van der Waals surface area contributed by atoms with Crippen molar-refractivity contribution in [2.45, 2.75) is 13.0 Å². The Morgan fingerprint density at radius 1 is 0.853 bits per heavy atom. The van der Waals surface area contributed by atoms with Gasteiger partial charge in [0.15, 0.2) is 0 Å². The summed E-state index contributed by atoms with van der Waals surface area (Å²) in [7, 11) is 0. The van der Waals surface area contributed by atoms with E-state index in [-0.39, 0.29) is 18.4 Å². The van der Waals surface area contributed by atoms with Crippen LogP contribution in [0.5, 0.6) is 5.75 Å². The third-order valence-electron chi connectivity index (χ3n) is 6.54. The molecule has 2 amide bonds. The summed E-state index contributed by atoms with van der Waals surface area (Å²) < 4.78 is 5.59. The predicted molar refractivity (Wildman–Crippen MR) is 132 cm³/mol. The van der Waals surface area contributed by atoms with Crippen LogP contribution in [-0.4, -0.2) is 60.9 Å². The Morgan fingerprint density at radius 2 is 1.59 bits per heavy atom. The smallest absolute Gasteiger partial charge is 0.251 e. The molecule has 174 valence electrons. The fraction of sp³-hybridized carbons (Fsp3) is 0.286. The summed E-state index contributed by atoms with van der Waals surface area (Å²) in [5.41, 5.74) is 5.29. The van der Waals surface area contributed by atoms with E-state index in [2.05, 4.69) is 28.4 Å². The lowest BCUT2D eigenvalue weighted by Crippen LogP contribution is -2.50. The SMILES string of the molecule is O=C(NCC(=O)N1CCN(Cc2ccc3c(c2)CCO3)CC1)c1ccc(-c2ccccc2)cc1. The molecular weight excluding hydrogens is 426 g/mol. The number of nitrogens with zero attached hydrogens (tertiary/aromatic N) is 2. The lowest BCUT2D eigenvalue weighted by Gasteiger charge is -2.34. The number of rotatable bonds is 6. The monoisotopic (exact) mass is 455 g/mol. The van der Waals surface area contributed by atoms with Crippen LogP contribution in [0.3, 0.4) is 0 Å². The molecule has 1 saturated heterocycles. The van der Waals surface area contributed by atoms with Crippen molar-refractivity contribution in [2.24, 2.45) is 0 Å². The molecule has 0 bridgehead atoms. The first-order chi connectivity index (χ1) is 16.7. The Hall–Kier alpha value is -3.64. The van der Waals surface area contributed by atoms with Gasteiger partial charge in [0, 0.05) is 44.7 Å². The Balaban J connectivity index is 1.07. The van der Waals surface area contributed by atoms with Crippen molar-refractivity contribution in [2.75, 3.05) is 39.3 Å². The molecule has 34 heavy (non-hydrogen) atoms. The Labute approximate surface area is 200 Å². The molecule has 2 aliphatic rings. The van der Waals surface area contributed by atoms with E-state index in [1.54, 1.807) is 12.1 Å². The van der Waals surface area contributed by atoms with Gasteiger partial charge in [0.25, 0.3) is 5.91 Å². The summed E-state index contributed by atoms with van der Waals surface area (Å²) in [6.45, 7) is 4.68. The molecule has 1 fully saturated rings. The second-order valence-corrected chi connectivity index (χ2v) is 8.82. The number of hydrogen-bond donors (Lipinski definition) is 1. The molecule has 2 heterocycles. The number of benzene rings is 3. The Morgan fingerprint density at radius 3 is 2.35 bits per heavy atom. The Kier molecular flexibility index (Phi) is 6.58. The molecule has 3 aromatic rings. The van der Waals surface area contributed by atoms with Gasteiger partial charge >= 0.3 is 0 Å². The molecule has 0 spiro atoms. The average Bonchev–Trinajstić information content (AvgIpc) is 3.36. The van der Waals surface area contributed by atoms with Gasteiger partial charge in [0.05, 0.1) is 13.2 Å². The topological polar surface area (TPSA) is 61.9 Å². The number of fused-ring (bicyclic) bond motifs is 1. The van der Waals surface area contributed by atoms with E-state index >= 15 is 0 Å². The minimum atomic E-state index is -0.229. The molecule has 3 aromatic carbocycles. The molecule has 0 radical (unpaired) electrons. The minimum absolute atomic E-state index is 0.0179. The third kappa shape index (κ3) is 5.13. The van der Waals surface area contributed by atoms with E-state index in [1.165, 1.54) is 11.1 Å². The second-order valence-electron chi connectivity index (χ2n) is 8.82. The number of carbonyl (C=O) groups excluding carboxylic acids is 2. The van der Waals surface area contributed by atoms with Gasteiger partial charge in [0.1, 0.15) is 5.75 Å². The maximum atomic E-state index is 12.6. The summed E-state index contributed by atoms with van der Waals surface area (Å²) >= 11 is 0. The van der Waals surface area contributed by atoms with Gasteiger partial charge in [-0.25, -0.2) is 0 Å². The van der Waals surface area contributed by atoms with Gasteiger partial charge < -0.3 is 15.0 Å². The second kappa shape index (κ2) is 10.1. The zero-order valence-electron chi connectivity index (χ0n) is 19.2.